The molecule has 1 aromatic carbocycles. The lowest BCUT2D eigenvalue weighted by Gasteiger charge is -2.13. The summed E-state index contributed by atoms with van der Waals surface area (Å²) in [5.74, 6) is -1.04. The summed E-state index contributed by atoms with van der Waals surface area (Å²) in [5.41, 5.74) is 2.19. The van der Waals surface area contributed by atoms with E-state index in [0.29, 0.717) is 5.56 Å². The lowest BCUT2D eigenvalue weighted by molar-refractivity contribution is -0.138. The van der Waals surface area contributed by atoms with E-state index >= 15 is 0 Å². The molecule has 1 unspecified atom stereocenters. The van der Waals surface area contributed by atoms with Gasteiger partial charge < -0.3 is 15.5 Å². The molecule has 5 heteroatoms. The average Bonchev–Trinajstić information content (AvgIpc) is 2.27. The zero-order chi connectivity index (χ0) is 12.8. The third-order valence-corrected chi connectivity index (χ3v) is 2.31. The lowest BCUT2D eigenvalue weighted by Crippen LogP contribution is -2.22. The largest absolute Gasteiger partial charge is 0.481 e. The van der Waals surface area contributed by atoms with Crippen molar-refractivity contribution in [3.05, 3.63) is 29.3 Å². The van der Waals surface area contributed by atoms with E-state index in [1.165, 1.54) is 0 Å². The first kappa shape index (κ1) is 13.0. The third-order valence-electron chi connectivity index (χ3n) is 2.31. The molecule has 0 spiro atoms. The summed E-state index contributed by atoms with van der Waals surface area (Å²) < 4.78 is 0. The van der Waals surface area contributed by atoms with E-state index in [2.05, 4.69) is 5.32 Å². The topological polar surface area (TPSA) is 93.4 Å². The summed E-state index contributed by atoms with van der Waals surface area (Å²) in [7, 11) is 0. The zero-order valence-electron chi connectivity index (χ0n) is 9.47. The van der Waals surface area contributed by atoms with Crippen LogP contribution in [0.25, 0.3) is 0 Å². The first-order valence-electron chi connectivity index (χ1n) is 5.17. The van der Waals surface area contributed by atoms with Gasteiger partial charge in [0, 0.05) is 12.2 Å². The van der Waals surface area contributed by atoms with Crippen molar-refractivity contribution in [2.45, 2.75) is 19.4 Å². The monoisotopic (exact) mass is 234 g/mol. The molecule has 1 aromatic rings. The number of nitriles is 1. The van der Waals surface area contributed by atoms with Crippen molar-refractivity contribution in [3.8, 4) is 6.07 Å². The maximum Gasteiger partial charge on any atom is 0.306 e. The maximum absolute atomic E-state index is 10.4. The Labute approximate surface area is 99.3 Å². The van der Waals surface area contributed by atoms with E-state index < -0.39 is 12.1 Å². The molecule has 1 atom stereocenters. The number of aliphatic hydroxyl groups excluding tert-OH is 1. The number of hydrogen-bond donors (Lipinski definition) is 3. The van der Waals surface area contributed by atoms with Gasteiger partial charge in [-0.05, 0) is 24.6 Å². The molecule has 0 saturated heterocycles. The molecule has 0 saturated carbocycles. The number of anilines is 1. The van der Waals surface area contributed by atoms with Crippen molar-refractivity contribution in [1.82, 2.24) is 0 Å². The Hall–Kier alpha value is -2.06. The van der Waals surface area contributed by atoms with Crippen molar-refractivity contribution in [2.24, 2.45) is 0 Å². The van der Waals surface area contributed by atoms with Crippen LogP contribution in [0, 0.1) is 18.3 Å². The zero-order valence-corrected chi connectivity index (χ0v) is 9.47. The fourth-order valence-electron chi connectivity index (χ4n) is 1.38. The van der Waals surface area contributed by atoms with E-state index in [-0.39, 0.29) is 13.0 Å². The highest BCUT2D eigenvalue weighted by Gasteiger charge is 2.09. The van der Waals surface area contributed by atoms with Gasteiger partial charge in [-0.25, -0.2) is 0 Å². The molecule has 0 amide bonds. The highest BCUT2D eigenvalue weighted by molar-refractivity contribution is 5.67. The van der Waals surface area contributed by atoms with Crippen molar-refractivity contribution in [1.29, 1.82) is 5.26 Å². The number of hydrogen-bond acceptors (Lipinski definition) is 4. The Morgan fingerprint density at radius 2 is 2.29 bits per heavy atom. The molecule has 1 rings (SSSR count). The van der Waals surface area contributed by atoms with Gasteiger partial charge in [-0.3, -0.25) is 4.79 Å². The van der Waals surface area contributed by atoms with Crippen LogP contribution in [-0.2, 0) is 4.79 Å². The molecular weight excluding hydrogens is 220 g/mol. The van der Waals surface area contributed by atoms with Gasteiger partial charge in [-0.2, -0.15) is 5.26 Å². The van der Waals surface area contributed by atoms with Gasteiger partial charge in [-0.1, -0.05) is 6.07 Å². The summed E-state index contributed by atoms with van der Waals surface area (Å²) in [4.78, 5) is 10.4. The second-order valence-corrected chi connectivity index (χ2v) is 3.77. The van der Waals surface area contributed by atoms with Crippen molar-refractivity contribution in [3.63, 3.8) is 0 Å². The molecule has 0 heterocycles. The van der Waals surface area contributed by atoms with Gasteiger partial charge in [0.15, 0.2) is 0 Å². The summed E-state index contributed by atoms with van der Waals surface area (Å²) >= 11 is 0. The minimum absolute atomic E-state index is 0.141. The number of aryl methyl sites for hydroxylation is 1. The first-order valence-corrected chi connectivity index (χ1v) is 5.17. The first-order chi connectivity index (χ1) is 8.02. The molecule has 90 valence electrons. The summed E-state index contributed by atoms with van der Waals surface area (Å²) in [5, 5.41) is 29.5. The molecule has 5 nitrogen and oxygen atoms in total. The van der Waals surface area contributed by atoms with E-state index in [4.69, 9.17) is 10.4 Å². The van der Waals surface area contributed by atoms with Crippen LogP contribution in [0.1, 0.15) is 17.5 Å². The van der Waals surface area contributed by atoms with Gasteiger partial charge in [0.05, 0.1) is 24.2 Å². The molecule has 17 heavy (non-hydrogen) atoms. The number of carbonyl (C=O) groups is 1. The standard InChI is InChI=1S/C12H14N2O3/c1-8-2-3-9(6-13)4-11(8)14-7-10(15)5-12(16)17/h2-4,10,14-15H,5,7H2,1H3,(H,16,17). The predicted molar refractivity (Wildman–Crippen MR) is 62.6 cm³/mol. The molecule has 0 aromatic heterocycles. The Kier molecular flexibility index (Phi) is 4.49. The van der Waals surface area contributed by atoms with Crippen LogP contribution in [0.4, 0.5) is 5.69 Å². The molecule has 0 aliphatic rings. The fourth-order valence-corrected chi connectivity index (χ4v) is 1.38. The second kappa shape index (κ2) is 5.87. The minimum Gasteiger partial charge on any atom is -0.481 e. The van der Waals surface area contributed by atoms with Crippen LogP contribution >= 0.6 is 0 Å². The molecule has 3 N–H and O–H groups in total. The Balaban J connectivity index is 2.63. The summed E-state index contributed by atoms with van der Waals surface area (Å²) in [6.07, 6.45) is -1.25. The van der Waals surface area contributed by atoms with Gasteiger partial charge in [0.2, 0.25) is 0 Å². The van der Waals surface area contributed by atoms with Crippen LogP contribution < -0.4 is 5.32 Å². The molecule has 0 fully saturated rings. The number of nitrogens with one attached hydrogen (secondary N) is 1. The number of carboxylic acid groups (broad SMARTS) is 1. The number of carboxylic acids is 1. The van der Waals surface area contributed by atoms with Gasteiger partial charge in [-0.15, -0.1) is 0 Å². The maximum atomic E-state index is 10.4. The number of rotatable bonds is 5. The van der Waals surface area contributed by atoms with Crippen LogP contribution in [0.5, 0.6) is 0 Å². The normalized spacial score (nSPS) is 11.6. The average molecular weight is 234 g/mol. The molecule has 0 aliphatic carbocycles. The Morgan fingerprint density at radius 1 is 1.59 bits per heavy atom. The van der Waals surface area contributed by atoms with E-state index in [9.17, 15) is 9.90 Å². The highest BCUT2D eigenvalue weighted by atomic mass is 16.4. The van der Waals surface area contributed by atoms with Crippen LogP contribution in [-0.4, -0.2) is 28.8 Å². The number of aliphatic carboxylic acids is 1. The smallest absolute Gasteiger partial charge is 0.306 e. The van der Waals surface area contributed by atoms with E-state index in [1.807, 2.05) is 13.0 Å². The van der Waals surface area contributed by atoms with E-state index in [0.717, 1.165) is 11.3 Å². The van der Waals surface area contributed by atoms with Gasteiger partial charge >= 0.3 is 5.97 Å². The molecule has 0 radical (unpaired) electrons. The Bertz CT molecular complexity index is 452. The van der Waals surface area contributed by atoms with Crippen molar-refractivity contribution in [2.75, 3.05) is 11.9 Å². The quantitative estimate of drug-likeness (QED) is 0.709. The Morgan fingerprint density at radius 3 is 2.88 bits per heavy atom. The number of nitrogens with zero attached hydrogens (tertiary/aromatic N) is 1. The lowest BCUT2D eigenvalue weighted by atomic mass is 10.1. The summed E-state index contributed by atoms with van der Waals surface area (Å²) in [6, 6.07) is 7.19. The van der Waals surface area contributed by atoms with Crippen molar-refractivity contribution >= 4 is 11.7 Å². The number of aliphatic hydroxyl groups is 1. The van der Waals surface area contributed by atoms with Crippen LogP contribution in [0.15, 0.2) is 18.2 Å². The van der Waals surface area contributed by atoms with Gasteiger partial charge in [0.1, 0.15) is 0 Å². The molecular formula is C12H14N2O3. The van der Waals surface area contributed by atoms with E-state index in [1.54, 1.807) is 18.2 Å². The van der Waals surface area contributed by atoms with Crippen molar-refractivity contribution < 1.29 is 15.0 Å². The van der Waals surface area contributed by atoms with Gasteiger partial charge in [0.25, 0.3) is 0 Å². The fraction of sp³-hybridized carbons (Fsp3) is 0.333. The predicted octanol–water partition coefficient (Wildman–Crippen LogP) is 1.11. The minimum atomic E-state index is -1.04. The van der Waals surface area contributed by atoms with Crippen LogP contribution in [0.3, 0.4) is 0 Å². The molecule has 0 bridgehead atoms. The SMILES string of the molecule is Cc1ccc(C#N)cc1NCC(O)CC(=O)O. The third kappa shape index (κ3) is 4.13. The second-order valence-electron chi connectivity index (χ2n) is 3.77. The molecule has 0 aliphatic heterocycles. The van der Waals surface area contributed by atoms with Crippen LogP contribution in [0.2, 0.25) is 0 Å². The summed E-state index contributed by atoms with van der Waals surface area (Å²) in [6.45, 7) is 2.01. The highest BCUT2D eigenvalue weighted by Crippen LogP contribution is 2.16. The number of benzene rings is 1.